The number of nitrogens with zero attached hydrogens (tertiary/aromatic N) is 1. The Balaban J connectivity index is 2.07. The first kappa shape index (κ1) is 10.5. The van der Waals surface area contributed by atoms with Gasteiger partial charge in [-0.2, -0.15) is 0 Å². The van der Waals surface area contributed by atoms with Crippen LogP contribution < -0.4 is 5.32 Å². The van der Waals surface area contributed by atoms with Crippen molar-refractivity contribution in [2.45, 2.75) is 13.5 Å². The summed E-state index contributed by atoms with van der Waals surface area (Å²) >= 11 is 7.70. The summed E-state index contributed by atoms with van der Waals surface area (Å²) in [5, 5.41) is 4.05. The number of hydrogen-bond acceptors (Lipinski definition) is 3. The van der Waals surface area contributed by atoms with Crippen molar-refractivity contribution in [1.82, 2.24) is 4.98 Å². The Hall–Kier alpha value is -1.06. The van der Waals surface area contributed by atoms with Crippen molar-refractivity contribution in [2.75, 3.05) is 5.32 Å². The zero-order valence-electron chi connectivity index (χ0n) is 8.33. The topological polar surface area (TPSA) is 24.9 Å². The van der Waals surface area contributed by atoms with Gasteiger partial charge in [-0.25, -0.2) is 0 Å². The van der Waals surface area contributed by atoms with Gasteiger partial charge in [-0.1, -0.05) is 17.7 Å². The first-order valence-corrected chi connectivity index (χ1v) is 5.89. The Morgan fingerprint density at radius 3 is 3.07 bits per heavy atom. The molecule has 0 radical (unpaired) electrons. The Morgan fingerprint density at radius 1 is 1.47 bits per heavy atom. The Kier molecular flexibility index (Phi) is 3.23. The summed E-state index contributed by atoms with van der Waals surface area (Å²) in [5.74, 6) is 0. The molecule has 1 heterocycles. The van der Waals surface area contributed by atoms with Crippen LogP contribution in [0.5, 0.6) is 0 Å². The average Bonchev–Trinajstić information content (AvgIpc) is 2.72. The van der Waals surface area contributed by atoms with E-state index in [0.29, 0.717) is 0 Å². The van der Waals surface area contributed by atoms with E-state index in [1.54, 1.807) is 11.3 Å². The van der Waals surface area contributed by atoms with E-state index in [4.69, 9.17) is 11.6 Å². The molecule has 0 aliphatic heterocycles. The first-order valence-electron chi connectivity index (χ1n) is 4.63. The number of benzene rings is 1. The highest BCUT2D eigenvalue weighted by atomic mass is 35.5. The molecule has 4 heteroatoms. The molecule has 0 aliphatic carbocycles. The summed E-state index contributed by atoms with van der Waals surface area (Å²) in [5.41, 5.74) is 4.01. The first-order chi connectivity index (χ1) is 7.25. The molecule has 0 fully saturated rings. The van der Waals surface area contributed by atoms with Crippen molar-refractivity contribution in [3.05, 3.63) is 45.4 Å². The van der Waals surface area contributed by atoms with Crippen LogP contribution in [0.2, 0.25) is 5.02 Å². The Labute approximate surface area is 97.9 Å². The molecule has 0 spiro atoms. The van der Waals surface area contributed by atoms with Crippen LogP contribution in [0.25, 0.3) is 0 Å². The van der Waals surface area contributed by atoms with E-state index in [9.17, 15) is 0 Å². The highest BCUT2D eigenvalue weighted by Crippen LogP contribution is 2.23. The maximum atomic E-state index is 6.06. The van der Waals surface area contributed by atoms with Crippen LogP contribution >= 0.6 is 22.9 Å². The van der Waals surface area contributed by atoms with E-state index in [2.05, 4.69) is 10.3 Å². The Bertz CT molecular complexity index is 440. The minimum Gasteiger partial charge on any atom is -0.379 e. The largest absolute Gasteiger partial charge is 0.379 e. The molecule has 0 saturated heterocycles. The second-order valence-corrected chi connectivity index (χ2v) is 4.68. The molecule has 2 rings (SSSR count). The van der Waals surface area contributed by atoms with Gasteiger partial charge in [0, 0.05) is 11.1 Å². The van der Waals surface area contributed by atoms with E-state index < -0.39 is 0 Å². The molecule has 0 saturated carbocycles. The average molecular weight is 239 g/mol. The smallest absolute Gasteiger partial charge is 0.0794 e. The van der Waals surface area contributed by atoms with E-state index in [0.717, 1.165) is 17.3 Å². The number of hydrogen-bond donors (Lipinski definition) is 1. The quantitative estimate of drug-likeness (QED) is 0.882. The predicted molar refractivity (Wildman–Crippen MR) is 65.6 cm³/mol. The van der Waals surface area contributed by atoms with Gasteiger partial charge in [0.05, 0.1) is 22.8 Å². The standard InChI is InChI=1S/C11H11ClN2S/c1-8-2-3-10(12)11(4-8)14-6-9-5-13-7-15-9/h2-5,7,14H,6H2,1H3. The number of anilines is 1. The molecule has 0 aliphatic rings. The number of aryl methyl sites for hydroxylation is 1. The minimum absolute atomic E-state index is 0.755. The van der Waals surface area contributed by atoms with Crippen LogP contribution in [0.3, 0.4) is 0 Å². The second-order valence-electron chi connectivity index (χ2n) is 3.30. The predicted octanol–water partition coefficient (Wildman–Crippen LogP) is 3.72. The third kappa shape index (κ3) is 2.70. The van der Waals surface area contributed by atoms with Crippen molar-refractivity contribution in [3.8, 4) is 0 Å². The van der Waals surface area contributed by atoms with Crippen LogP contribution in [0, 0.1) is 6.92 Å². The van der Waals surface area contributed by atoms with Gasteiger partial charge in [0.2, 0.25) is 0 Å². The Morgan fingerprint density at radius 2 is 2.33 bits per heavy atom. The molecule has 2 nitrogen and oxygen atoms in total. The molecule has 0 unspecified atom stereocenters. The number of aromatic nitrogens is 1. The van der Waals surface area contributed by atoms with Gasteiger partial charge in [0.1, 0.15) is 0 Å². The molecular weight excluding hydrogens is 228 g/mol. The highest BCUT2D eigenvalue weighted by molar-refractivity contribution is 7.09. The van der Waals surface area contributed by atoms with Gasteiger partial charge in [-0.05, 0) is 24.6 Å². The zero-order valence-corrected chi connectivity index (χ0v) is 9.90. The van der Waals surface area contributed by atoms with Crippen LogP contribution in [0.1, 0.15) is 10.4 Å². The minimum atomic E-state index is 0.755. The number of thiazole rings is 1. The van der Waals surface area contributed by atoms with Crippen molar-refractivity contribution in [1.29, 1.82) is 0 Å². The molecule has 0 bridgehead atoms. The lowest BCUT2D eigenvalue weighted by molar-refractivity contribution is 1.17. The molecule has 1 N–H and O–H groups in total. The lowest BCUT2D eigenvalue weighted by Gasteiger charge is -2.07. The number of nitrogens with one attached hydrogen (secondary N) is 1. The van der Waals surface area contributed by atoms with Crippen molar-refractivity contribution < 1.29 is 0 Å². The monoisotopic (exact) mass is 238 g/mol. The maximum Gasteiger partial charge on any atom is 0.0794 e. The molecule has 2 aromatic rings. The fourth-order valence-corrected chi connectivity index (χ4v) is 2.01. The highest BCUT2D eigenvalue weighted by Gasteiger charge is 2.00. The molecule has 1 aromatic heterocycles. The lowest BCUT2D eigenvalue weighted by atomic mass is 10.2. The summed E-state index contributed by atoms with van der Waals surface area (Å²) in [4.78, 5) is 5.22. The summed E-state index contributed by atoms with van der Waals surface area (Å²) in [6.07, 6.45) is 1.86. The van der Waals surface area contributed by atoms with Gasteiger partial charge in [0.25, 0.3) is 0 Å². The van der Waals surface area contributed by atoms with E-state index in [1.165, 1.54) is 10.4 Å². The summed E-state index contributed by atoms with van der Waals surface area (Å²) in [7, 11) is 0. The molecule has 15 heavy (non-hydrogen) atoms. The summed E-state index contributed by atoms with van der Waals surface area (Å²) in [6.45, 7) is 2.82. The van der Waals surface area contributed by atoms with Gasteiger partial charge in [-0.15, -0.1) is 11.3 Å². The van der Waals surface area contributed by atoms with Gasteiger partial charge in [0.15, 0.2) is 0 Å². The molecule has 0 amide bonds. The SMILES string of the molecule is Cc1ccc(Cl)c(NCc2cncs2)c1. The third-order valence-corrected chi connectivity index (χ3v) is 3.17. The normalized spacial score (nSPS) is 10.3. The summed E-state index contributed by atoms with van der Waals surface area (Å²) < 4.78 is 0. The molecule has 0 atom stereocenters. The molecular formula is C11H11ClN2S. The lowest BCUT2D eigenvalue weighted by Crippen LogP contribution is -1.98. The van der Waals surface area contributed by atoms with Crippen LogP contribution in [0.4, 0.5) is 5.69 Å². The fourth-order valence-electron chi connectivity index (χ4n) is 1.29. The second kappa shape index (κ2) is 4.64. The number of halogens is 1. The maximum absolute atomic E-state index is 6.06. The van der Waals surface area contributed by atoms with Crippen molar-refractivity contribution in [2.24, 2.45) is 0 Å². The van der Waals surface area contributed by atoms with E-state index in [1.807, 2.05) is 36.8 Å². The van der Waals surface area contributed by atoms with Gasteiger partial charge in [-0.3, -0.25) is 4.98 Å². The third-order valence-electron chi connectivity index (χ3n) is 2.06. The van der Waals surface area contributed by atoms with E-state index in [-0.39, 0.29) is 0 Å². The number of rotatable bonds is 3. The van der Waals surface area contributed by atoms with Gasteiger partial charge < -0.3 is 5.32 Å². The van der Waals surface area contributed by atoms with Crippen LogP contribution in [-0.2, 0) is 6.54 Å². The van der Waals surface area contributed by atoms with Crippen LogP contribution in [0.15, 0.2) is 29.9 Å². The van der Waals surface area contributed by atoms with E-state index >= 15 is 0 Å². The molecule has 78 valence electrons. The van der Waals surface area contributed by atoms with Crippen molar-refractivity contribution in [3.63, 3.8) is 0 Å². The summed E-state index contributed by atoms with van der Waals surface area (Å²) in [6, 6.07) is 5.95. The van der Waals surface area contributed by atoms with Gasteiger partial charge >= 0.3 is 0 Å². The van der Waals surface area contributed by atoms with Crippen molar-refractivity contribution >= 4 is 28.6 Å². The van der Waals surface area contributed by atoms with Crippen LogP contribution in [-0.4, -0.2) is 4.98 Å². The molecule has 1 aromatic carbocycles. The zero-order chi connectivity index (χ0) is 10.7. The fraction of sp³-hybridized carbons (Fsp3) is 0.182.